The molecule has 1 saturated heterocycles. The molecular formula is C8H10F2N2O. The Bertz CT molecular complexity index is 280. The number of amides is 1. The first kappa shape index (κ1) is 9.93. The number of primary amides is 1. The van der Waals surface area contributed by atoms with E-state index in [1.165, 1.54) is 7.05 Å². The molecule has 72 valence electrons. The van der Waals surface area contributed by atoms with Crippen molar-refractivity contribution in [3.8, 4) is 11.8 Å². The molecule has 0 aromatic heterocycles. The number of hydrogen-bond acceptors (Lipinski definition) is 2. The highest BCUT2D eigenvalue weighted by Gasteiger charge is 2.44. The van der Waals surface area contributed by atoms with E-state index in [1.54, 1.807) is 0 Å². The normalized spacial score (nSPS) is 26.5. The van der Waals surface area contributed by atoms with Crippen LogP contribution in [0.25, 0.3) is 0 Å². The summed E-state index contributed by atoms with van der Waals surface area (Å²) >= 11 is 0. The number of carbonyl (C=O) groups is 1. The molecule has 13 heavy (non-hydrogen) atoms. The van der Waals surface area contributed by atoms with Crippen molar-refractivity contribution in [2.24, 2.45) is 5.73 Å². The van der Waals surface area contributed by atoms with E-state index in [2.05, 4.69) is 11.8 Å². The van der Waals surface area contributed by atoms with Crippen molar-refractivity contribution in [3.63, 3.8) is 0 Å². The highest BCUT2D eigenvalue weighted by Crippen LogP contribution is 2.34. The standard InChI is InChI=1S/C8H10F2N2O/c1-12-6(2-3-7(11)13)4-5-8(12,9)10/h6H,4-5H2,1H3,(H2,11,13). The SMILES string of the molecule is CN1C(C#CC(N)=O)CCC1(F)F. The Morgan fingerprint density at radius 2 is 2.31 bits per heavy atom. The minimum absolute atomic E-state index is 0.221. The minimum Gasteiger partial charge on any atom is -0.359 e. The van der Waals surface area contributed by atoms with Gasteiger partial charge in [0.25, 0.3) is 5.91 Å². The van der Waals surface area contributed by atoms with Crippen LogP contribution in [-0.4, -0.2) is 29.9 Å². The summed E-state index contributed by atoms with van der Waals surface area (Å²) < 4.78 is 25.7. The molecule has 0 aromatic rings. The van der Waals surface area contributed by atoms with Gasteiger partial charge in [-0.2, -0.15) is 8.78 Å². The number of alkyl halides is 2. The van der Waals surface area contributed by atoms with Gasteiger partial charge in [-0.25, -0.2) is 4.90 Å². The lowest BCUT2D eigenvalue weighted by molar-refractivity contribution is -0.114. The second kappa shape index (κ2) is 3.30. The van der Waals surface area contributed by atoms with Gasteiger partial charge in [0, 0.05) is 6.42 Å². The van der Waals surface area contributed by atoms with Crippen LogP contribution in [0.1, 0.15) is 12.8 Å². The summed E-state index contributed by atoms with van der Waals surface area (Å²) in [6.07, 6.45) is 0.0470. The Hall–Kier alpha value is -1.15. The van der Waals surface area contributed by atoms with Crippen LogP contribution in [0.2, 0.25) is 0 Å². The Balaban J connectivity index is 2.68. The predicted molar refractivity (Wildman–Crippen MR) is 42.7 cm³/mol. The summed E-state index contributed by atoms with van der Waals surface area (Å²) in [4.78, 5) is 11.1. The molecule has 0 saturated carbocycles. The monoisotopic (exact) mass is 188 g/mol. The number of halogens is 2. The molecule has 0 aromatic carbocycles. The maximum atomic E-state index is 12.9. The zero-order valence-corrected chi connectivity index (χ0v) is 7.18. The largest absolute Gasteiger partial charge is 0.359 e. The van der Waals surface area contributed by atoms with E-state index in [1.807, 2.05) is 0 Å². The van der Waals surface area contributed by atoms with E-state index >= 15 is 0 Å². The van der Waals surface area contributed by atoms with E-state index < -0.39 is 18.0 Å². The van der Waals surface area contributed by atoms with Crippen LogP contribution in [0.4, 0.5) is 8.78 Å². The first-order valence-electron chi connectivity index (χ1n) is 3.85. The lowest BCUT2D eigenvalue weighted by atomic mass is 10.2. The van der Waals surface area contributed by atoms with Gasteiger partial charge in [0.2, 0.25) is 0 Å². The molecule has 1 atom stereocenters. The molecule has 0 aliphatic carbocycles. The molecule has 1 rings (SSSR count). The third-order valence-corrected chi connectivity index (χ3v) is 2.06. The van der Waals surface area contributed by atoms with E-state index in [9.17, 15) is 13.6 Å². The van der Waals surface area contributed by atoms with Crippen molar-refractivity contribution < 1.29 is 13.6 Å². The number of rotatable bonds is 0. The molecule has 0 spiro atoms. The molecule has 1 aliphatic rings. The number of nitrogens with two attached hydrogens (primary N) is 1. The summed E-state index contributed by atoms with van der Waals surface area (Å²) in [5, 5.41) is 0. The average molecular weight is 188 g/mol. The van der Waals surface area contributed by atoms with Crippen molar-refractivity contribution >= 4 is 5.91 Å². The Kier molecular flexibility index (Phi) is 2.52. The molecule has 5 heteroatoms. The van der Waals surface area contributed by atoms with Crippen molar-refractivity contribution in [2.45, 2.75) is 24.9 Å². The molecule has 0 radical (unpaired) electrons. The summed E-state index contributed by atoms with van der Waals surface area (Å²) in [6.45, 7) is 0. The molecule has 1 fully saturated rings. The highest BCUT2D eigenvalue weighted by atomic mass is 19.3. The second-order valence-electron chi connectivity index (χ2n) is 2.96. The van der Waals surface area contributed by atoms with Gasteiger partial charge >= 0.3 is 6.05 Å². The molecule has 1 aliphatic heterocycles. The average Bonchev–Trinajstić information content (AvgIpc) is 2.25. The lowest BCUT2D eigenvalue weighted by Crippen LogP contribution is -2.36. The van der Waals surface area contributed by atoms with Crippen LogP contribution >= 0.6 is 0 Å². The van der Waals surface area contributed by atoms with Crippen LogP contribution in [0, 0.1) is 11.8 Å². The van der Waals surface area contributed by atoms with Crippen LogP contribution in [0.5, 0.6) is 0 Å². The van der Waals surface area contributed by atoms with Crippen molar-refractivity contribution in [1.82, 2.24) is 4.90 Å². The number of likely N-dealkylation sites (tertiary alicyclic amines) is 1. The maximum absolute atomic E-state index is 12.9. The summed E-state index contributed by atoms with van der Waals surface area (Å²) in [5.41, 5.74) is 4.77. The lowest BCUT2D eigenvalue weighted by Gasteiger charge is -2.21. The molecule has 2 N–H and O–H groups in total. The fourth-order valence-corrected chi connectivity index (χ4v) is 1.23. The van der Waals surface area contributed by atoms with E-state index in [0.29, 0.717) is 0 Å². The van der Waals surface area contributed by atoms with Gasteiger partial charge in [0.05, 0.1) is 6.04 Å². The maximum Gasteiger partial charge on any atom is 0.305 e. The van der Waals surface area contributed by atoms with Gasteiger partial charge < -0.3 is 5.73 Å². The number of nitrogens with zero attached hydrogens (tertiary/aromatic N) is 1. The Labute approximate surface area is 74.9 Å². The Morgan fingerprint density at radius 1 is 1.69 bits per heavy atom. The minimum atomic E-state index is -2.81. The van der Waals surface area contributed by atoms with Crippen molar-refractivity contribution in [2.75, 3.05) is 7.05 Å². The third kappa shape index (κ3) is 2.16. The smallest absolute Gasteiger partial charge is 0.305 e. The first-order valence-corrected chi connectivity index (χ1v) is 3.85. The predicted octanol–water partition coefficient (Wildman–Crippen LogP) is 0.162. The molecule has 1 amide bonds. The quantitative estimate of drug-likeness (QED) is 0.435. The second-order valence-corrected chi connectivity index (χ2v) is 2.96. The molecule has 0 bridgehead atoms. The van der Waals surface area contributed by atoms with Gasteiger partial charge in [-0.15, -0.1) is 0 Å². The van der Waals surface area contributed by atoms with Gasteiger partial charge in [-0.3, -0.25) is 4.79 Å². The fourth-order valence-electron chi connectivity index (χ4n) is 1.23. The molecular weight excluding hydrogens is 178 g/mol. The van der Waals surface area contributed by atoms with E-state index in [4.69, 9.17) is 5.73 Å². The molecule has 1 heterocycles. The zero-order valence-electron chi connectivity index (χ0n) is 7.18. The van der Waals surface area contributed by atoms with Crippen molar-refractivity contribution in [3.05, 3.63) is 0 Å². The first-order chi connectivity index (χ1) is 5.93. The fraction of sp³-hybridized carbons (Fsp3) is 0.625. The van der Waals surface area contributed by atoms with Gasteiger partial charge in [-0.05, 0) is 19.4 Å². The van der Waals surface area contributed by atoms with Crippen molar-refractivity contribution in [1.29, 1.82) is 0 Å². The van der Waals surface area contributed by atoms with Crippen LogP contribution in [0.3, 0.4) is 0 Å². The van der Waals surface area contributed by atoms with Crippen LogP contribution in [-0.2, 0) is 4.79 Å². The van der Waals surface area contributed by atoms with E-state index in [0.717, 1.165) is 4.90 Å². The molecule has 1 unspecified atom stereocenters. The summed E-state index contributed by atoms with van der Waals surface area (Å²) in [6, 6.07) is -3.38. The van der Waals surface area contributed by atoms with Crippen LogP contribution < -0.4 is 5.73 Å². The van der Waals surface area contributed by atoms with Gasteiger partial charge in [0.1, 0.15) is 0 Å². The number of hydrogen-bond donors (Lipinski definition) is 1. The molecule has 3 nitrogen and oxygen atoms in total. The topological polar surface area (TPSA) is 46.3 Å². The Morgan fingerprint density at radius 3 is 2.69 bits per heavy atom. The zero-order chi connectivity index (χ0) is 10.1. The summed E-state index contributed by atoms with van der Waals surface area (Å²) in [5.74, 6) is 3.69. The van der Waals surface area contributed by atoms with Gasteiger partial charge in [-0.1, -0.05) is 5.92 Å². The van der Waals surface area contributed by atoms with E-state index in [-0.39, 0.29) is 12.8 Å². The summed E-state index contributed by atoms with van der Waals surface area (Å²) in [7, 11) is 1.29. The van der Waals surface area contributed by atoms with Crippen LogP contribution in [0.15, 0.2) is 0 Å². The highest BCUT2D eigenvalue weighted by molar-refractivity contribution is 5.92. The number of carbonyl (C=O) groups excluding carboxylic acids is 1. The van der Waals surface area contributed by atoms with Gasteiger partial charge in [0.15, 0.2) is 0 Å². The third-order valence-electron chi connectivity index (χ3n) is 2.06.